The lowest BCUT2D eigenvalue weighted by Crippen LogP contribution is -2.32. The van der Waals surface area contributed by atoms with Gasteiger partial charge in [0, 0.05) is 24.2 Å². The number of nitrogens with one attached hydrogen (secondary N) is 1. The van der Waals surface area contributed by atoms with Gasteiger partial charge in [0.15, 0.2) is 9.84 Å². The van der Waals surface area contributed by atoms with E-state index in [4.69, 9.17) is 9.72 Å². The van der Waals surface area contributed by atoms with Crippen molar-refractivity contribution < 1.29 is 22.3 Å². The maximum absolute atomic E-state index is 14.8. The van der Waals surface area contributed by atoms with Gasteiger partial charge in [-0.1, -0.05) is 12.1 Å². The number of carbonyl (C=O) groups is 1. The van der Waals surface area contributed by atoms with E-state index in [1.807, 2.05) is 42.7 Å². The third kappa shape index (κ3) is 7.16. The van der Waals surface area contributed by atoms with Crippen molar-refractivity contribution in [3.63, 3.8) is 0 Å². The molecule has 0 bridgehead atoms. The molecule has 194 valence electrons. The maximum Gasteiger partial charge on any atom is 0.407 e. The van der Waals surface area contributed by atoms with Crippen LogP contribution in [0.4, 0.5) is 9.18 Å². The van der Waals surface area contributed by atoms with E-state index in [9.17, 15) is 17.6 Å². The first kappa shape index (κ1) is 27.4. The van der Waals surface area contributed by atoms with Crippen molar-refractivity contribution in [1.82, 2.24) is 14.9 Å². The van der Waals surface area contributed by atoms with E-state index < -0.39 is 21.5 Å². The molecule has 3 rings (SSSR count). The number of benzene rings is 1. The van der Waals surface area contributed by atoms with Crippen molar-refractivity contribution in [2.45, 2.75) is 64.5 Å². The van der Waals surface area contributed by atoms with Crippen LogP contribution in [-0.2, 0) is 34.0 Å². The SMILES string of the molecule is Cc1ccc2c(n1)c(CCc1ccc(S(C)(=O)=O)cc1)c(C)n2C/C(F)=C/CNC(=O)OC(C)(C)C. The Morgan fingerprint density at radius 1 is 1.11 bits per heavy atom. The molecule has 0 saturated carbocycles. The standard InChI is InChI=1S/C27H34FN3O4S/c1-18-7-14-24-25(30-18)23(13-10-20-8-11-22(12-9-20)36(6,33)34)19(2)31(24)17-21(28)15-16-29-26(32)35-27(3,4)5/h7-9,11-12,14-15H,10,13,16-17H2,1-6H3,(H,29,32)/b21-15-. The van der Waals surface area contributed by atoms with E-state index >= 15 is 0 Å². The van der Waals surface area contributed by atoms with Gasteiger partial charge in [0.1, 0.15) is 11.4 Å². The second-order valence-electron chi connectivity index (χ2n) is 9.92. The molecule has 0 aliphatic rings. The van der Waals surface area contributed by atoms with Crippen LogP contribution >= 0.6 is 0 Å². The summed E-state index contributed by atoms with van der Waals surface area (Å²) in [7, 11) is -3.24. The van der Waals surface area contributed by atoms with E-state index in [-0.39, 0.29) is 18.9 Å². The first-order valence-corrected chi connectivity index (χ1v) is 13.7. The van der Waals surface area contributed by atoms with Crippen molar-refractivity contribution in [3.05, 3.63) is 70.8 Å². The van der Waals surface area contributed by atoms with Crippen molar-refractivity contribution in [2.24, 2.45) is 0 Å². The fraction of sp³-hybridized carbons (Fsp3) is 0.407. The highest BCUT2D eigenvalue weighted by atomic mass is 32.2. The average Bonchev–Trinajstić information content (AvgIpc) is 3.00. The van der Waals surface area contributed by atoms with Crippen molar-refractivity contribution in [3.8, 4) is 0 Å². The first-order chi connectivity index (χ1) is 16.7. The third-order valence-electron chi connectivity index (χ3n) is 5.72. The third-order valence-corrected chi connectivity index (χ3v) is 6.85. The van der Waals surface area contributed by atoms with Gasteiger partial charge in [0.2, 0.25) is 0 Å². The van der Waals surface area contributed by atoms with Gasteiger partial charge < -0.3 is 14.6 Å². The van der Waals surface area contributed by atoms with Crippen LogP contribution in [0.5, 0.6) is 0 Å². The Morgan fingerprint density at radius 2 is 1.78 bits per heavy atom. The zero-order chi connectivity index (χ0) is 26.7. The first-order valence-electron chi connectivity index (χ1n) is 11.8. The minimum atomic E-state index is -3.24. The Balaban J connectivity index is 1.78. The minimum Gasteiger partial charge on any atom is -0.444 e. The average molecular weight is 516 g/mol. The van der Waals surface area contributed by atoms with Gasteiger partial charge in [0.05, 0.1) is 22.5 Å². The lowest BCUT2D eigenvalue weighted by Gasteiger charge is -2.19. The molecule has 0 aliphatic carbocycles. The summed E-state index contributed by atoms with van der Waals surface area (Å²) in [6.45, 7) is 9.20. The number of amides is 1. The Bertz CT molecular complexity index is 1390. The molecule has 0 saturated heterocycles. The number of halogens is 1. The number of fused-ring (bicyclic) bond motifs is 1. The number of aryl methyl sites for hydroxylation is 3. The largest absolute Gasteiger partial charge is 0.444 e. The molecule has 36 heavy (non-hydrogen) atoms. The number of alkyl carbamates (subject to hydrolysis) is 1. The molecule has 9 heteroatoms. The van der Waals surface area contributed by atoms with Gasteiger partial charge in [-0.3, -0.25) is 4.98 Å². The number of carbonyl (C=O) groups excluding carboxylic acids is 1. The van der Waals surface area contributed by atoms with Crippen LogP contribution in [0, 0.1) is 13.8 Å². The van der Waals surface area contributed by atoms with Crippen molar-refractivity contribution in [2.75, 3.05) is 12.8 Å². The second kappa shape index (κ2) is 10.8. The second-order valence-corrected chi connectivity index (χ2v) is 11.9. The molecular weight excluding hydrogens is 481 g/mol. The van der Waals surface area contributed by atoms with Crippen LogP contribution < -0.4 is 5.32 Å². The Kier molecular flexibility index (Phi) is 8.23. The molecule has 0 unspecified atom stereocenters. The number of ether oxygens (including phenoxy) is 1. The summed E-state index contributed by atoms with van der Waals surface area (Å²) in [5, 5.41) is 2.54. The van der Waals surface area contributed by atoms with Crippen LogP contribution in [0.2, 0.25) is 0 Å². The summed E-state index contributed by atoms with van der Waals surface area (Å²) < 4.78 is 45.3. The summed E-state index contributed by atoms with van der Waals surface area (Å²) in [6.07, 6.45) is 3.29. The predicted molar refractivity (Wildman–Crippen MR) is 140 cm³/mol. The Hall–Kier alpha value is -3.20. The molecule has 1 N–H and O–H groups in total. The minimum absolute atomic E-state index is 0.0200. The molecule has 0 aliphatic heterocycles. The van der Waals surface area contributed by atoms with Crippen LogP contribution in [0.25, 0.3) is 11.0 Å². The van der Waals surface area contributed by atoms with Gasteiger partial charge >= 0.3 is 6.09 Å². The van der Waals surface area contributed by atoms with Gasteiger partial charge in [-0.25, -0.2) is 17.6 Å². The number of aromatic nitrogens is 2. The highest BCUT2D eigenvalue weighted by Gasteiger charge is 2.18. The predicted octanol–water partition coefficient (Wildman–Crippen LogP) is 5.22. The smallest absolute Gasteiger partial charge is 0.407 e. The molecule has 0 atom stereocenters. The zero-order valence-electron chi connectivity index (χ0n) is 21.7. The van der Waals surface area contributed by atoms with E-state index in [1.165, 1.54) is 12.3 Å². The van der Waals surface area contributed by atoms with E-state index in [0.29, 0.717) is 17.7 Å². The molecule has 0 spiro atoms. The number of nitrogens with zero attached hydrogens (tertiary/aromatic N) is 2. The summed E-state index contributed by atoms with van der Waals surface area (Å²) in [4.78, 5) is 16.8. The summed E-state index contributed by atoms with van der Waals surface area (Å²) >= 11 is 0. The number of hydrogen-bond donors (Lipinski definition) is 1. The van der Waals surface area contributed by atoms with Gasteiger partial charge in [-0.05, 0) is 88.9 Å². The zero-order valence-corrected chi connectivity index (χ0v) is 22.5. The van der Waals surface area contributed by atoms with E-state index in [2.05, 4.69) is 5.32 Å². The highest BCUT2D eigenvalue weighted by Crippen LogP contribution is 2.27. The maximum atomic E-state index is 14.8. The number of sulfone groups is 1. The molecule has 7 nitrogen and oxygen atoms in total. The molecule has 1 aromatic carbocycles. The molecule has 0 radical (unpaired) electrons. The monoisotopic (exact) mass is 515 g/mol. The fourth-order valence-corrected chi connectivity index (χ4v) is 4.59. The molecular formula is C27H34FN3O4S. The summed E-state index contributed by atoms with van der Waals surface area (Å²) in [5.74, 6) is -0.380. The number of rotatable bonds is 8. The van der Waals surface area contributed by atoms with Crippen molar-refractivity contribution >= 4 is 27.0 Å². The lowest BCUT2D eigenvalue weighted by molar-refractivity contribution is 0.0534. The summed E-state index contributed by atoms with van der Waals surface area (Å²) in [5.41, 5.74) is 4.87. The Labute approximate surface area is 212 Å². The van der Waals surface area contributed by atoms with Crippen LogP contribution in [-0.4, -0.2) is 42.5 Å². The molecule has 2 aromatic heterocycles. The van der Waals surface area contributed by atoms with Gasteiger partial charge in [-0.2, -0.15) is 0 Å². The fourth-order valence-electron chi connectivity index (χ4n) is 3.95. The van der Waals surface area contributed by atoms with Crippen molar-refractivity contribution in [1.29, 1.82) is 0 Å². The summed E-state index contributed by atoms with van der Waals surface area (Å²) in [6, 6.07) is 10.7. The molecule has 2 heterocycles. The number of pyridine rings is 1. The van der Waals surface area contributed by atoms with Gasteiger partial charge in [0.25, 0.3) is 0 Å². The van der Waals surface area contributed by atoms with Crippen LogP contribution in [0.15, 0.2) is 53.2 Å². The Morgan fingerprint density at radius 3 is 2.39 bits per heavy atom. The molecule has 0 fully saturated rings. The molecule has 3 aromatic rings. The lowest BCUT2D eigenvalue weighted by atomic mass is 10.0. The number of allylic oxidation sites excluding steroid dienone is 1. The van der Waals surface area contributed by atoms with Gasteiger partial charge in [-0.15, -0.1) is 0 Å². The van der Waals surface area contributed by atoms with Crippen LogP contribution in [0.3, 0.4) is 0 Å². The normalized spacial score (nSPS) is 12.7. The quantitative estimate of drug-likeness (QED) is 0.444. The van der Waals surface area contributed by atoms with E-state index in [0.717, 1.165) is 33.5 Å². The number of hydrogen-bond acceptors (Lipinski definition) is 5. The highest BCUT2D eigenvalue weighted by molar-refractivity contribution is 7.90. The van der Waals surface area contributed by atoms with Crippen LogP contribution in [0.1, 0.15) is 43.3 Å². The molecule has 1 amide bonds. The topological polar surface area (TPSA) is 90.3 Å². The van der Waals surface area contributed by atoms with E-state index in [1.54, 1.807) is 32.9 Å².